The van der Waals surface area contributed by atoms with Gasteiger partial charge in [-0.2, -0.15) is 0 Å². The molecular formula is C17H17ClFNO. The Kier molecular flexibility index (Phi) is 4.13. The summed E-state index contributed by atoms with van der Waals surface area (Å²) < 4.78 is 19.5. The Balaban J connectivity index is 1.83. The van der Waals surface area contributed by atoms with Gasteiger partial charge in [-0.25, -0.2) is 4.39 Å². The second-order valence-electron chi connectivity index (χ2n) is 5.35. The highest BCUT2D eigenvalue weighted by molar-refractivity contribution is 6.30. The highest BCUT2D eigenvalue weighted by Crippen LogP contribution is 2.34. The number of hydrogen-bond acceptors (Lipinski definition) is 2. The van der Waals surface area contributed by atoms with Crippen LogP contribution in [0, 0.1) is 5.82 Å². The Hall–Kier alpha value is -1.58. The van der Waals surface area contributed by atoms with Gasteiger partial charge in [-0.15, -0.1) is 0 Å². The van der Waals surface area contributed by atoms with E-state index in [-0.39, 0.29) is 18.5 Å². The monoisotopic (exact) mass is 305 g/mol. The molecule has 0 aromatic heterocycles. The van der Waals surface area contributed by atoms with Gasteiger partial charge >= 0.3 is 0 Å². The van der Waals surface area contributed by atoms with Crippen molar-refractivity contribution >= 4 is 11.6 Å². The maximum absolute atomic E-state index is 13.7. The molecule has 1 atom stereocenters. The Morgan fingerprint density at radius 2 is 2.14 bits per heavy atom. The van der Waals surface area contributed by atoms with Gasteiger partial charge in [-0.1, -0.05) is 23.7 Å². The summed E-state index contributed by atoms with van der Waals surface area (Å²) in [7, 11) is 0. The van der Waals surface area contributed by atoms with E-state index in [0.29, 0.717) is 10.6 Å². The minimum atomic E-state index is -0.305. The van der Waals surface area contributed by atoms with Crippen LogP contribution < -0.4 is 10.5 Å². The van der Waals surface area contributed by atoms with Crippen LogP contribution in [0.2, 0.25) is 5.02 Å². The molecule has 0 spiro atoms. The number of benzene rings is 2. The third-order valence-corrected chi connectivity index (χ3v) is 4.14. The number of rotatable bonds is 3. The Bertz CT molecular complexity index is 659. The van der Waals surface area contributed by atoms with E-state index in [0.717, 1.165) is 36.1 Å². The molecule has 2 aromatic carbocycles. The topological polar surface area (TPSA) is 35.2 Å². The van der Waals surface area contributed by atoms with Crippen LogP contribution >= 0.6 is 11.6 Å². The number of nitrogens with two attached hydrogens (primary N) is 1. The molecule has 0 saturated heterocycles. The van der Waals surface area contributed by atoms with Crippen LogP contribution in [0.4, 0.5) is 4.39 Å². The standard InChI is InChI=1S/C17H17ClFNO/c18-12-7-8-15(19)11(9-12)10-21-17-6-2-3-13-14(17)4-1-5-16(13)20/h2-3,6-9,16H,1,4-5,10,20H2. The first kappa shape index (κ1) is 14.4. The highest BCUT2D eigenvalue weighted by atomic mass is 35.5. The third kappa shape index (κ3) is 3.04. The molecule has 0 amide bonds. The molecule has 110 valence electrons. The van der Waals surface area contributed by atoms with Crippen molar-refractivity contribution < 1.29 is 9.13 Å². The van der Waals surface area contributed by atoms with E-state index < -0.39 is 0 Å². The summed E-state index contributed by atoms with van der Waals surface area (Å²) in [6, 6.07) is 10.5. The summed E-state index contributed by atoms with van der Waals surface area (Å²) in [6.07, 6.45) is 3.01. The van der Waals surface area contributed by atoms with Crippen LogP contribution in [0.5, 0.6) is 5.75 Å². The molecule has 3 rings (SSSR count). The van der Waals surface area contributed by atoms with E-state index in [1.54, 1.807) is 6.07 Å². The molecule has 1 unspecified atom stereocenters. The average Bonchev–Trinajstić information content (AvgIpc) is 2.49. The van der Waals surface area contributed by atoms with E-state index in [1.807, 2.05) is 18.2 Å². The fraction of sp³-hybridized carbons (Fsp3) is 0.294. The van der Waals surface area contributed by atoms with E-state index in [2.05, 4.69) is 0 Å². The van der Waals surface area contributed by atoms with Crippen LogP contribution in [0.1, 0.15) is 35.6 Å². The molecular weight excluding hydrogens is 289 g/mol. The first-order valence-corrected chi connectivity index (χ1v) is 7.47. The molecule has 2 N–H and O–H groups in total. The zero-order valence-electron chi connectivity index (χ0n) is 11.6. The van der Waals surface area contributed by atoms with Gasteiger partial charge in [0, 0.05) is 16.6 Å². The van der Waals surface area contributed by atoms with Gasteiger partial charge in [0.1, 0.15) is 18.2 Å². The minimum absolute atomic E-state index is 0.0696. The predicted octanol–water partition coefficient (Wildman–Crippen LogP) is 4.39. The number of hydrogen-bond donors (Lipinski definition) is 1. The van der Waals surface area contributed by atoms with Crippen LogP contribution in [0.3, 0.4) is 0 Å². The fourth-order valence-electron chi connectivity index (χ4n) is 2.80. The van der Waals surface area contributed by atoms with Crippen molar-refractivity contribution in [3.8, 4) is 5.75 Å². The third-order valence-electron chi connectivity index (χ3n) is 3.90. The zero-order valence-corrected chi connectivity index (χ0v) is 12.4. The molecule has 0 saturated carbocycles. The lowest BCUT2D eigenvalue weighted by atomic mass is 9.87. The largest absolute Gasteiger partial charge is 0.489 e. The van der Waals surface area contributed by atoms with Gasteiger partial charge in [-0.3, -0.25) is 0 Å². The molecule has 0 radical (unpaired) electrons. The maximum atomic E-state index is 13.7. The Labute approximate surface area is 128 Å². The minimum Gasteiger partial charge on any atom is -0.489 e. The molecule has 0 bridgehead atoms. The first-order valence-electron chi connectivity index (χ1n) is 7.09. The summed E-state index contributed by atoms with van der Waals surface area (Å²) in [5.41, 5.74) is 8.89. The number of ether oxygens (including phenoxy) is 1. The summed E-state index contributed by atoms with van der Waals surface area (Å²) in [4.78, 5) is 0. The molecule has 0 heterocycles. The molecule has 4 heteroatoms. The zero-order chi connectivity index (χ0) is 14.8. The van der Waals surface area contributed by atoms with E-state index in [1.165, 1.54) is 12.1 Å². The summed E-state index contributed by atoms with van der Waals surface area (Å²) in [5.74, 6) is 0.489. The predicted molar refractivity (Wildman–Crippen MR) is 82.1 cm³/mol. The van der Waals surface area contributed by atoms with Gasteiger partial charge in [0.05, 0.1) is 0 Å². The molecule has 21 heavy (non-hydrogen) atoms. The lowest BCUT2D eigenvalue weighted by molar-refractivity contribution is 0.294. The van der Waals surface area contributed by atoms with Crippen molar-refractivity contribution in [2.75, 3.05) is 0 Å². The van der Waals surface area contributed by atoms with Crippen LogP contribution in [0.25, 0.3) is 0 Å². The van der Waals surface area contributed by atoms with Crippen molar-refractivity contribution in [2.24, 2.45) is 5.73 Å². The van der Waals surface area contributed by atoms with Gasteiger partial charge in [-0.05, 0) is 54.7 Å². The van der Waals surface area contributed by atoms with Gasteiger partial charge in [0.15, 0.2) is 0 Å². The molecule has 1 aliphatic carbocycles. The first-order chi connectivity index (χ1) is 10.1. The lowest BCUT2D eigenvalue weighted by Crippen LogP contribution is -2.18. The molecule has 0 fully saturated rings. The van der Waals surface area contributed by atoms with Gasteiger partial charge < -0.3 is 10.5 Å². The van der Waals surface area contributed by atoms with Crippen molar-refractivity contribution in [1.29, 1.82) is 0 Å². The maximum Gasteiger partial charge on any atom is 0.129 e. The van der Waals surface area contributed by atoms with Crippen molar-refractivity contribution in [2.45, 2.75) is 31.9 Å². The van der Waals surface area contributed by atoms with Crippen LogP contribution in [-0.2, 0) is 13.0 Å². The highest BCUT2D eigenvalue weighted by Gasteiger charge is 2.20. The smallest absolute Gasteiger partial charge is 0.129 e. The Morgan fingerprint density at radius 3 is 3.00 bits per heavy atom. The van der Waals surface area contributed by atoms with Crippen LogP contribution in [-0.4, -0.2) is 0 Å². The summed E-state index contributed by atoms with van der Waals surface area (Å²) >= 11 is 5.89. The molecule has 2 aromatic rings. The van der Waals surface area contributed by atoms with E-state index in [4.69, 9.17) is 22.1 Å². The lowest BCUT2D eigenvalue weighted by Gasteiger charge is -2.24. The second-order valence-corrected chi connectivity index (χ2v) is 5.78. The number of fused-ring (bicyclic) bond motifs is 1. The summed E-state index contributed by atoms with van der Waals surface area (Å²) in [6.45, 7) is 0.165. The fourth-order valence-corrected chi connectivity index (χ4v) is 2.99. The van der Waals surface area contributed by atoms with Crippen molar-refractivity contribution in [3.05, 3.63) is 63.9 Å². The average molecular weight is 306 g/mol. The van der Waals surface area contributed by atoms with Crippen LogP contribution in [0.15, 0.2) is 36.4 Å². The quantitative estimate of drug-likeness (QED) is 0.912. The molecule has 1 aliphatic rings. The van der Waals surface area contributed by atoms with Crippen molar-refractivity contribution in [1.82, 2.24) is 0 Å². The second kappa shape index (κ2) is 6.04. The van der Waals surface area contributed by atoms with E-state index >= 15 is 0 Å². The Morgan fingerprint density at radius 1 is 1.29 bits per heavy atom. The van der Waals surface area contributed by atoms with E-state index in [9.17, 15) is 4.39 Å². The van der Waals surface area contributed by atoms with Crippen molar-refractivity contribution in [3.63, 3.8) is 0 Å². The summed E-state index contributed by atoms with van der Waals surface area (Å²) in [5, 5.41) is 0.507. The van der Waals surface area contributed by atoms with Gasteiger partial charge in [0.2, 0.25) is 0 Å². The molecule has 0 aliphatic heterocycles. The normalized spacial score (nSPS) is 17.4. The number of halogens is 2. The van der Waals surface area contributed by atoms with Gasteiger partial charge in [0.25, 0.3) is 0 Å². The molecule has 2 nitrogen and oxygen atoms in total. The SMILES string of the molecule is NC1CCCc2c(OCc3cc(Cl)ccc3F)cccc21.